The van der Waals surface area contributed by atoms with Gasteiger partial charge in [0.1, 0.15) is 18.6 Å². The van der Waals surface area contributed by atoms with Crippen molar-refractivity contribution in [2.24, 2.45) is 0 Å². The smallest absolute Gasteiger partial charge is 0.141 e. The molecule has 0 aliphatic carbocycles. The summed E-state index contributed by atoms with van der Waals surface area (Å²) in [5, 5.41) is 26.7. The molecule has 3 N–H and O–H groups in total. The maximum absolute atomic E-state index is 13.7. The molecule has 0 aliphatic rings. The summed E-state index contributed by atoms with van der Waals surface area (Å²) >= 11 is 12.6. The molecule has 2 aromatic heterocycles. The summed E-state index contributed by atoms with van der Waals surface area (Å²) in [5.41, 5.74) is 5.30. The Bertz CT molecular complexity index is 1740. The number of aromatic nitrogens is 3. The van der Waals surface area contributed by atoms with Gasteiger partial charge in [-0.25, -0.2) is 9.37 Å². The number of aliphatic hydroxyl groups excluding tert-OH is 1. The number of imidazole rings is 1. The third kappa shape index (κ3) is 6.81. The molecule has 5 rings (SSSR count). The summed E-state index contributed by atoms with van der Waals surface area (Å²) in [5.74, 6) is -0.542. The maximum atomic E-state index is 13.7. The number of nitriles is 1. The number of aryl methyl sites for hydroxylation is 1. The molecular formula is C31H27Cl2FN6O2. The van der Waals surface area contributed by atoms with Crippen LogP contribution < -0.4 is 10.6 Å². The van der Waals surface area contributed by atoms with E-state index in [1.165, 1.54) is 24.4 Å². The van der Waals surface area contributed by atoms with Crippen molar-refractivity contribution in [3.05, 3.63) is 112 Å². The Morgan fingerprint density at radius 1 is 1.02 bits per heavy atom. The van der Waals surface area contributed by atoms with E-state index >= 15 is 0 Å². The van der Waals surface area contributed by atoms with Gasteiger partial charge in [-0.3, -0.25) is 4.98 Å². The maximum Gasteiger partial charge on any atom is 0.141 e. The van der Waals surface area contributed by atoms with Gasteiger partial charge in [-0.1, -0.05) is 53.5 Å². The lowest BCUT2D eigenvalue weighted by Gasteiger charge is -2.16. The van der Waals surface area contributed by atoms with Crippen LogP contribution in [0.4, 0.5) is 21.5 Å². The predicted octanol–water partition coefficient (Wildman–Crippen LogP) is 7.20. The molecule has 0 atom stereocenters. The molecule has 3 aromatic carbocycles. The molecule has 2 heterocycles. The van der Waals surface area contributed by atoms with E-state index in [1.54, 1.807) is 12.4 Å². The minimum absolute atomic E-state index is 0.0429. The van der Waals surface area contributed by atoms with Crippen LogP contribution in [-0.4, -0.2) is 26.2 Å². The van der Waals surface area contributed by atoms with Gasteiger partial charge in [0.25, 0.3) is 0 Å². The monoisotopic (exact) mass is 604 g/mol. The average Bonchev–Trinajstić information content (AvgIpc) is 3.38. The number of rotatable bonds is 12. The molecule has 42 heavy (non-hydrogen) atoms. The van der Waals surface area contributed by atoms with Crippen molar-refractivity contribution in [1.82, 2.24) is 14.5 Å². The Morgan fingerprint density at radius 3 is 2.60 bits per heavy atom. The van der Waals surface area contributed by atoms with Crippen LogP contribution in [0.25, 0.3) is 10.9 Å². The second-order valence-electron chi connectivity index (χ2n) is 9.52. The zero-order chi connectivity index (χ0) is 29.5. The highest BCUT2D eigenvalue weighted by atomic mass is 35.5. The number of fused-ring (bicyclic) bond motifs is 1. The van der Waals surface area contributed by atoms with Crippen LogP contribution in [0.2, 0.25) is 10.0 Å². The number of aliphatic hydroxyl groups is 1. The molecular weight excluding hydrogens is 578 g/mol. The first-order valence-electron chi connectivity index (χ1n) is 13.2. The Morgan fingerprint density at radius 2 is 1.83 bits per heavy atom. The van der Waals surface area contributed by atoms with Crippen molar-refractivity contribution < 1.29 is 14.2 Å². The van der Waals surface area contributed by atoms with Gasteiger partial charge in [0.2, 0.25) is 0 Å². The quantitative estimate of drug-likeness (QED) is 0.138. The fourth-order valence-electron chi connectivity index (χ4n) is 4.54. The lowest BCUT2D eigenvalue weighted by Crippen LogP contribution is -2.11. The van der Waals surface area contributed by atoms with Gasteiger partial charge >= 0.3 is 0 Å². The standard InChI is InChI=1S/C31H27Cl2FN6O2/c32-25-12-22(8-9-27(25)34)39-30-21(14-35)15-37-31-24(30)11-23(13-26(31)33)36-16-29-28(7-4-10-41)38-18-40(29)19-42-17-20-5-2-1-3-6-20/h1-3,5-6,8-9,11-13,15,18,36,41H,4,7,10,16-17,19H2,(H,37,39). The van der Waals surface area contributed by atoms with Crippen LogP contribution in [0.5, 0.6) is 0 Å². The van der Waals surface area contributed by atoms with Gasteiger partial charge < -0.3 is 25.0 Å². The van der Waals surface area contributed by atoms with Gasteiger partial charge in [-0.05, 0) is 48.7 Å². The number of nitrogens with zero attached hydrogens (tertiary/aromatic N) is 4. The predicted molar refractivity (Wildman–Crippen MR) is 162 cm³/mol. The van der Waals surface area contributed by atoms with E-state index in [0.29, 0.717) is 65.7 Å². The first-order valence-corrected chi connectivity index (χ1v) is 14.0. The largest absolute Gasteiger partial charge is 0.396 e. The van der Waals surface area contributed by atoms with Crippen LogP contribution in [-0.2, 0) is 31.0 Å². The fraction of sp³-hybridized carbons (Fsp3) is 0.194. The van der Waals surface area contributed by atoms with Crippen molar-refractivity contribution in [2.45, 2.75) is 32.7 Å². The number of anilines is 3. The van der Waals surface area contributed by atoms with Crippen molar-refractivity contribution in [3.63, 3.8) is 0 Å². The zero-order valence-electron chi connectivity index (χ0n) is 22.4. The molecule has 0 spiro atoms. The molecule has 0 fully saturated rings. The van der Waals surface area contributed by atoms with E-state index in [9.17, 15) is 14.8 Å². The van der Waals surface area contributed by atoms with E-state index in [2.05, 4.69) is 26.7 Å². The zero-order valence-corrected chi connectivity index (χ0v) is 24.0. The van der Waals surface area contributed by atoms with Crippen LogP contribution in [0.1, 0.15) is 28.9 Å². The number of hydrogen-bond donors (Lipinski definition) is 3. The van der Waals surface area contributed by atoms with Gasteiger partial charge in [0, 0.05) is 29.6 Å². The number of nitrogens with one attached hydrogen (secondary N) is 2. The molecule has 0 aliphatic heterocycles. The first kappa shape index (κ1) is 29.3. The molecule has 0 saturated carbocycles. The Hall–Kier alpha value is -4.20. The fourth-order valence-corrected chi connectivity index (χ4v) is 4.99. The normalized spacial score (nSPS) is 11.0. The number of benzene rings is 3. The third-order valence-corrected chi connectivity index (χ3v) is 7.22. The molecule has 0 unspecified atom stereocenters. The van der Waals surface area contributed by atoms with Crippen LogP contribution in [0.15, 0.2) is 73.2 Å². The number of pyridine rings is 1. The minimum Gasteiger partial charge on any atom is -0.396 e. The van der Waals surface area contributed by atoms with Gasteiger partial charge in [-0.2, -0.15) is 5.26 Å². The highest BCUT2D eigenvalue weighted by molar-refractivity contribution is 6.36. The Balaban J connectivity index is 1.42. The highest BCUT2D eigenvalue weighted by Crippen LogP contribution is 2.35. The molecule has 8 nitrogen and oxygen atoms in total. The summed E-state index contributed by atoms with van der Waals surface area (Å²) in [7, 11) is 0. The lowest BCUT2D eigenvalue weighted by molar-refractivity contribution is 0.0623. The SMILES string of the molecule is N#Cc1cnc2c(Cl)cc(NCc3c(CCCO)ncn3COCc3ccccc3)cc2c1Nc1ccc(F)c(Cl)c1. The van der Waals surface area contributed by atoms with Crippen LogP contribution in [0, 0.1) is 17.1 Å². The van der Waals surface area contributed by atoms with Gasteiger partial charge in [-0.15, -0.1) is 0 Å². The van der Waals surface area contributed by atoms with Crippen molar-refractivity contribution >= 4 is 51.2 Å². The number of hydrogen-bond acceptors (Lipinski definition) is 7. The number of halogens is 3. The summed E-state index contributed by atoms with van der Waals surface area (Å²) < 4.78 is 21.6. The average molecular weight is 606 g/mol. The van der Waals surface area contributed by atoms with E-state index in [1.807, 2.05) is 41.0 Å². The Labute approximate surface area is 252 Å². The lowest BCUT2D eigenvalue weighted by atomic mass is 10.1. The van der Waals surface area contributed by atoms with Crippen molar-refractivity contribution in [1.29, 1.82) is 5.26 Å². The second kappa shape index (κ2) is 13.6. The Kier molecular flexibility index (Phi) is 9.52. The third-order valence-electron chi connectivity index (χ3n) is 6.64. The topological polar surface area (TPSA) is 108 Å². The van der Waals surface area contributed by atoms with E-state index in [-0.39, 0.29) is 17.2 Å². The summed E-state index contributed by atoms with van der Waals surface area (Å²) in [6, 6.07) is 19.9. The molecule has 0 bridgehead atoms. The van der Waals surface area contributed by atoms with Gasteiger partial charge in [0.05, 0.1) is 57.7 Å². The molecule has 5 aromatic rings. The van der Waals surface area contributed by atoms with E-state index in [0.717, 1.165) is 17.0 Å². The van der Waals surface area contributed by atoms with E-state index in [4.69, 9.17) is 27.9 Å². The summed E-state index contributed by atoms with van der Waals surface area (Å²) in [4.78, 5) is 8.96. The molecule has 0 saturated heterocycles. The first-order chi connectivity index (χ1) is 20.5. The van der Waals surface area contributed by atoms with Crippen molar-refractivity contribution in [3.8, 4) is 6.07 Å². The minimum atomic E-state index is -0.542. The molecule has 214 valence electrons. The highest BCUT2D eigenvalue weighted by Gasteiger charge is 2.16. The van der Waals surface area contributed by atoms with Crippen molar-refractivity contribution in [2.75, 3.05) is 17.2 Å². The second-order valence-corrected chi connectivity index (χ2v) is 10.3. The van der Waals surface area contributed by atoms with Crippen LogP contribution >= 0.6 is 23.2 Å². The van der Waals surface area contributed by atoms with E-state index < -0.39 is 5.82 Å². The number of ether oxygens (including phenoxy) is 1. The summed E-state index contributed by atoms with van der Waals surface area (Å²) in [6.07, 6.45) is 4.38. The van der Waals surface area contributed by atoms with Crippen LogP contribution in [0.3, 0.4) is 0 Å². The molecule has 0 amide bonds. The molecule has 0 radical (unpaired) electrons. The van der Waals surface area contributed by atoms with Gasteiger partial charge in [0.15, 0.2) is 0 Å². The molecule has 11 heteroatoms. The summed E-state index contributed by atoms with van der Waals surface area (Å²) in [6.45, 7) is 1.23.